The van der Waals surface area contributed by atoms with Crippen molar-refractivity contribution in [3.63, 3.8) is 0 Å². The van der Waals surface area contributed by atoms with Crippen LogP contribution in [0.5, 0.6) is 0 Å². The second kappa shape index (κ2) is 34.6. The van der Waals surface area contributed by atoms with Crippen molar-refractivity contribution in [2.75, 3.05) is 0 Å². The summed E-state index contributed by atoms with van der Waals surface area (Å²) in [4.78, 5) is 0. The molecule has 0 bridgehead atoms. The third kappa shape index (κ3) is 13.2. The molecule has 27 aromatic carbocycles. The lowest BCUT2D eigenvalue weighted by Gasteiger charge is -2.34. The number of rotatable bonds is 10. The van der Waals surface area contributed by atoms with Crippen molar-refractivity contribution in [3.05, 3.63) is 613 Å². The average molecular weight is 1900 g/mol. The lowest BCUT2D eigenvalue weighted by molar-refractivity contribution is 0.666. The highest BCUT2D eigenvalue weighted by atomic mass is 14.5. The Labute approximate surface area is 874 Å². The number of benzene rings is 27. The largest absolute Gasteiger partial charge is 0.0713 e. The van der Waals surface area contributed by atoms with Gasteiger partial charge in [-0.1, -0.05) is 537 Å². The van der Waals surface area contributed by atoms with Gasteiger partial charge in [-0.05, 0) is 322 Å². The summed E-state index contributed by atoms with van der Waals surface area (Å²) in [5, 5.41) is 25.8. The molecule has 4 aliphatic rings. The molecule has 0 saturated heterocycles. The molecule has 150 heavy (non-hydrogen) atoms. The first kappa shape index (κ1) is 88.1. The Morgan fingerprint density at radius 3 is 0.673 bits per heavy atom. The molecule has 0 N–H and O–H groups in total. The molecule has 0 unspecified atom stereocenters. The van der Waals surface area contributed by atoms with Gasteiger partial charge >= 0.3 is 0 Å². The van der Waals surface area contributed by atoms with Gasteiger partial charge in [0, 0.05) is 10.8 Å². The van der Waals surface area contributed by atoms with Crippen LogP contribution in [0.2, 0.25) is 0 Å². The molecule has 0 atom stereocenters. The summed E-state index contributed by atoms with van der Waals surface area (Å²) < 4.78 is 0. The second-order valence-corrected chi connectivity index (χ2v) is 42.4. The molecular weight excluding hydrogens is 1800 g/mol. The first-order chi connectivity index (χ1) is 74.0. The number of fused-ring (bicyclic) bond motifs is 25. The Morgan fingerprint density at radius 1 is 0.120 bits per heavy atom. The molecule has 27 aromatic rings. The molecule has 0 nitrogen and oxygen atoms in total. The molecule has 0 heterocycles. The zero-order valence-electron chi connectivity index (χ0n) is 84.0. The maximum Gasteiger partial charge on any atom is 0.0713 e. The summed E-state index contributed by atoms with van der Waals surface area (Å²) in [5.41, 5.74) is 41.0. The van der Waals surface area contributed by atoms with Gasteiger partial charge in [-0.2, -0.15) is 0 Å². The van der Waals surface area contributed by atoms with Gasteiger partial charge in [0.05, 0.1) is 10.8 Å². The van der Waals surface area contributed by atoms with Crippen LogP contribution in [0.1, 0.15) is 94.5 Å². The van der Waals surface area contributed by atoms with Gasteiger partial charge in [-0.3, -0.25) is 0 Å². The van der Waals surface area contributed by atoms with Crippen LogP contribution in [0.25, 0.3) is 219 Å². The highest BCUT2D eigenvalue weighted by molar-refractivity contribution is 6.26. The van der Waals surface area contributed by atoms with E-state index in [2.05, 4.69) is 574 Å². The summed E-state index contributed by atoms with van der Waals surface area (Å²) in [6.45, 7) is 9.56. The van der Waals surface area contributed by atoms with Crippen molar-refractivity contribution in [2.45, 2.75) is 49.4 Å². The van der Waals surface area contributed by atoms with Crippen LogP contribution in [0.3, 0.4) is 0 Å². The molecule has 0 amide bonds. The van der Waals surface area contributed by atoms with Crippen LogP contribution in [0.15, 0.2) is 546 Å². The van der Waals surface area contributed by atoms with Crippen LogP contribution in [-0.2, 0) is 21.7 Å². The van der Waals surface area contributed by atoms with Gasteiger partial charge in [-0.25, -0.2) is 0 Å². The minimum atomic E-state index is -0.447. The Kier molecular flexibility index (Phi) is 20.3. The van der Waals surface area contributed by atoms with E-state index in [-0.39, 0.29) is 10.8 Å². The topological polar surface area (TPSA) is 0 Å². The standard InChI is InChI=1S/C52H38.2C49H32/c1-51(2)45-27-23-33(29-43(45)41-25-21-31-13-5-7-15-35(31)49(41)51)47-37-17-9-11-19-39(37)48(40-20-12-10-18-38(40)47)34-24-28-46-44(30-34)42-26-22-32-14-6-8-16-36(32)50(42)52(46,3)4;1-4-17-34(18-5-1)46-39-24-12-14-26-41(39)47(42-27-15-13-25-40(42)46)35-29-30-44-43(32-35)48-38-23-11-10-16-33(38)28-31-45(48)49(44,36-19-6-2-7-20-36)37-21-8-3-9-22-37;1-4-16-33(17-5-1)47-39-24-12-14-26-41(39)48(42-27-15-13-25-40(42)47)36-28-29-45-43(31-36)44-30-34-18-10-11-19-35(34)32-46(44)49(45,37-20-6-2-7-21-37)38-22-8-3-9-23-38/h5-30H,1-4H3;2*1-32H. The van der Waals surface area contributed by atoms with Gasteiger partial charge < -0.3 is 0 Å². The SMILES string of the molecule is CC1(C)c2ccc(-c3c4ccccc4c(-c4ccc5c(c4)-c4ccc6ccccc6c4C5(C)C)c4ccccc34)cc2-c2ccc3ccccc3c21.c1ccc(-c2c3ccccc3c(-c3ccc4c(c3)-c3c(ccc5ccccc35)C4(c3ccccc3)c3ccccc3)c3ccccc23)cc1.c1ccc(-c2c3ccccc3c(-c3ccc4c(c3)-c3cc5ccccc5cc3C4(c3ccccc3)c3ccccc3)c3ccccc23)cc1. The summed E-state index contributed by atoms with van der Waals surface area (Å²) in [7, 11) is 0. The molecule has 0 spiro atoms. The lowest BCUT2D eigenvalue weighted by atomic mass is 9.67. The molecule has 0 aliphatic heterocycles. The van der Waals surface area contributed by atoms with E-state index in [4.69, 9.17) is 0 Å². The van der Waals surface area contributed by atoms with E-state index in [9.17, 15) is 0 Å². The maximum absolute atomic E-state index is 2.49. The zero-order valence-corrected chi connectivity index (χ0v) is 84.0. The van der Waals surface area contributed by atoms with Crippen molar-refractivity contribution in [2.24, 2.45) is 0 Å². The Morgan fingerprint density at radius 2 is 0.340 bits per heavy atom. The first-order valence-electron chi connectivity index (χ1n) is 52.8. The second-order valence-electron chi connectivity index (χ2n) is 42.4. The lowest BCUT2D eigenvalue weighted by Crippen LogP contribution is -2.28. The minimum absolute atomic E-state index is 0.0783. The molecular formula is C150H102. The van der Waals surface area contributed by atoms with Crippen LogP contribution in [0, 0.1) is 0 Å². The Balaban J connectivity index is 0.000000106. The summed E-state index contributed by atoms with van der Waals surface area (Å²) in [6.07, 6.45) is 0. The van der Waals surface area contributed by atoms with Crippen LogP contribution < -0.4 is 0 Å². The summed E-state index contributed by atoms with van der Waals surface area (Å²) in [6, 6.07) is 203. The predicted molar refractivity (Wildman–Crippen MR) is 637 cm³/mol. The number of hydrogen-bond donors (Lipinski definition) is 0. The highest BCUT2D eigenvalue weighted by Gasteiger charge is 2.50. The maximum atomic E-state index is 2.49. The fraction of sp³-hybridized carbons (Fsp3) is 0.0533. The van der Waals surface area contributed by atoms with Crippen LogP contribution in [-0.4, -0.2) is 0 Å². The van der Waals surface area contributed by atoms with E-state index in [1.165, 1.54) is 286 Å². The highest BCUT2D eigenvalue weighted by Crippen LogP contribution is 2.64. The molecule has 0 aromatic heterocycles. The molecule has 0 radical (unpaired) electrons. The molecule has 4 aliphatic carbocycles. The zero-order chi connectivity index (χ0) is 99.7. The quantitative estimate of drug-likeness (QED) is 0.120. The van der Waals surface area contributed by atoms with E-state index in [0.717, 1.165) is 0 Å². The molecule has 0 fully saturated rings. The molecule has 0 saturated carbocycles. The van der Waals surface area contributed by atoms with Crippen LogP contribution >= 0.6 is 0 Å². The monoisotopic (exact) mass is 1900 g/mol. The van der Waals surface area contributed by atoms with Gasteiger partial charge in [0.25, 0.3) is 0 Å². The van der Waals surface area contributed by atoms with Crippen molar-refractivity contribution < 1.29 is 0 Å². The first-order valence-corrected chi connectivity index (χ1v) is 52.8. The fourth-order valence-corrected chi connectivity index (χ4v) is 27.8. The van der Waals surface area contributed by atoms with E-state index >= 15 is 0 Å². The van der Waals surface area contributed by atoms with E-state index in [1.807, 2.05) is 0 Å². The smallest absolute Gasteiger partial charge is 0.0622 e. The third-order valence-corrected chi connectivity index (χ3v) is 34.0. The van der Waals surface area contributed by atoms with Gasteiger partial charge in [-0.15, -0.1) is 0 Å². The normalized spacial score (nSPS) is 13.7. The van der Waals surface area contributed by atoms with Crippen molar-refractivity contribution >= 4 is 108 Å². The van der Waals surface area contributed by atoms with Crippen molar-refractivity contribution in [3.8, 4) is 111 Å². The molecule has 0 heteroatoms. The molecule has 31 rings (SSSR count). The van der Waals surface area contributed by atoms with Gasteiger partial charge in [0.2, 0.25) is 0 Å². The number of hydrogen-bond acceptors (Lipinski definition) is 0. The third-order valence-electron chi connectivity index (χ3n) is 34.0. The predicted octanol–water partition coefficient (Wildman–Crippen LogP) is 39.9. The van der Waals surface area contributed by atoms with E-state index in [0.29, 0.717) is 0 Å². The Hall–Kier alpha value is -18.5. The van der Waals surface area contributed by atoms with Crippen LogP contribution in [0.4, 0.5) is 0 Å². The minimum Gasteiger partial charge on any atom is -0.0622 e. The van der Waals surface area contributed by atoms with E-state index < -0.39 is 10.8 Å². The van der Waals surface area contributed by atoms with Gasteiger partial charge in [0.15, 0.2) is 0 Å². The van der Waals surface area contributed by atoms with Crippen molar-refractivity contribution in [1.29, 1.82) is 0 Å². The summed E-state index contributed by atoms with van der Waals surface area (Å²) >= 11 is 0. The fourth-order valence-electron chi connectivity index (χ4n) is 27.8. The van der Waals surface area contributed by atoms with Gasteiger partial charge in [0.1, 0.15) is 0 Å². The van der Waals surface area contributed by atoms with E-state index in [1.54, 1.807) is 0 Å². The average Bonchev–Trinajstić information content (AvgIpc) is 1.52. The summed E-state index contributed by atoms with van der Waals surface area (Å²) in [5.74, 6) is 0. The Bertz CT molecular complexity index is 9690. The molecule has 702 valence electrons. The van der Waals surface area contributed by atoms with Crippen molar-refractivity contribution in [1.82, 2.24) is 0 Å².